The smallest absolute Gasteiger partial charge is 0.315 e. The van der Waals surface area contributed by atoms with Gasteiger partial charge in [0.2, 0.25) is 17.6 Å². The quantitative estimate of drug-likeness (QED) is 0.138. The maximum absolute atomic E-state index is 14.6. The number of Topliss-reactive ketones (excluding diaryl/α,β-unsaturated/α-hetero) is 1. The van der Waals surface area contributed by atoms with Crippen LogP contribution in [0.3, 0.4) is 0 Å². The van der Waals surface area contributed by atoms with E-state index in [2.05, 4.69) is 41.7 Å². The number of fused-ring (bicyclic) bond motifs is 1. The van der Waals surface area contributed by atoms with Crippen molar-refractivity contribution in [3.63, 3.8) is 0 Å². The van der Waals surface area contributed by atoms with Crippen LogP contribution in [0, 0.1) is 28.6 Å². The molecule has 1 saturated heterocycles. The van der Waals surface area contributed by atoms with Crippen molar-refractivity contribution in [2.45, 2.75) is 117 Å². The number of likely N-dealkylation sites (tertiary alicyclic amines) is 1. The van der Waals surface area contributed by atoms with E-state index in [0.29, 0.717) is 30.9 Å². The van der Waals surface area contributed by atoms with Gasteiger partial charge in [-0.25, -0.2) is 4.79 Å². The van der Waals surface area contributed by atoms with Crippen molar-refractivity contribution in [3.8, 4) is 0 Å². The summed E-state index contributed by atoms with van der Waals surface area (Å²) in [5.74, 6) is -2.39. The maximum atomic E-state index is 14.6. The minimum Gasteiger partial charge on any atom is -0.373 e. The molecule has 0 spiro atoms. The third kappa shape index (κ3) is 9.00. The molecule has 4 rings (SSSR count). The molecule has 2 aliphatic carbocycles. The van der Waals surface area contributed by atoms with Crippen LogP contribution in [0.2, 0.25) is 0 Å². The Labute approximate surface area is 319 Å². The van der Waals surface area contributed by atoms with Gasteiger partial charge in [-0.1, -0.05) is 79.7 Å². The Balaban J connectivity index is 1.55. The highest BCUT2D eigenvalue weighted by molar-refractivity contribution is 6.38. The molecule has 54 heavy (non-hydrogen) atoms. The predicted octanol–water partition coefficient (Wildman–Crippen LogP) is 2.48. The molecule has 1 aromatic carbocycles. The Bertz CT molecular complexity index is 1650. The first kappa shape index (κ1) is 42.5. The number of unbranched alkanes of at least 4 members (excludes halogenated alkanes) is 1. The molecule has 6 atom stereocenters. The lowest BCUT2D eigenvalue weighted by atomic mass is 9.83. The molecular formula is C40H63N7O7. The third-order valence-corrected chi connectivity index (χ3v) is 12.0. The Morgan fingerprint density at radius 2 is 1.59 bits per heavy atom. The highest BCUT2D eigenvalue weighted by Gasteiger charge is 2.70. The molecule has 5 amide bonds. The van der Waals surface area contributed by atoms with Gasteiger partial charge in [0.1, 0.15) is 23.5 Å². The summed E-state index contributed by atoms with van der Waals surface area (Å²) in [6.07, 6.45) is 8.05. The number of urea groups is 1. The lowest BCUT2D eigenvalue weighted by Gasteiger charge is -2.39. The molecule has 0 aromatic heterocycles. The molecule has 1 aromatic rings. The van der Waals surface area contributed by atoms with Crippen molar-refractivity contribution in [1.29, 1.82) is 0 Å². The summed E-state index contributed by atoms with van der Waals surface area (Å²) in [6, 6.07) is -3.84. The van der Waals surface area contributed by atoms with Crippen LogP contribution < -0.4 is 41.9 Å². The standard InChI is InChI=1S/C40H63N7O7/c1-11-13-19-25(31(48)36(52)41-20-12-2)42-35(51)28-27-24(40(27,6)7)21-47(28)37(53)34(39(3,4)5)44-38(54)43-26(23-17-15-14-16-18-23)22-46(10)30-29(45(8)9)32(49)33(30)50/h12,23-28,34H,2,11,13-22H2,1,3-10H3,(H,41,52)(H,42,51)(H2,43,44,54)/t24-,25?,26+,27-,28-,34+/m0/s1. The summed E-state index contributed by atoms with van der Waals surface area (Å²) in [5, 5.41) is 11.4. The van der Waals surface area contributed by atoms with E-state index < -0.39 is 63.9 Å². The second-order valence-corrected chi connectivity index (χ2v) is 17.5. The number of carbonyl (C=O) groups is 5. The van der Waals surface area contributed by atoms with E-state index in [1.807, 2.05) is 27.7 Å². The fourth-order valence-electron chi connectivity index (χ4n) is 8.69. The van der Waals surface area contributed by atoms with Gasteiger partial charge >= 0.3 is 6.03 Å². The number of rotatable bonds is 17. The highest BCUT2D eigenvalue weighted by Crippen LogP contribution is 2.65. The number of ketones is 1. The maximum Gasteiger partial charge on any atom is 0.315 e. The van der Waals surface area contributed by atoms with Crippen molar-refractivity contribution in [3.05, 3.63) is 33.1 Å². The van der Waals surface area contributed by atoms with E-state index in [4.69, 9.17) is 0 Å². The van der Waals surface area contributed by atoms with Crippen LogP contribution in [0.5, 0.6) is 0 Å². The molecule has 3 aliphatic rings. The van der Waals surface area contributed by atoms with Crippen molar-refractivity contribution in [2.24, 2.45) is 28.6 Å². The number of anilines is 2. The molecule has 2 saturated carbocycles. The van der Waals surface area contributed by atoms with Crippen LogP contribution in [0.15, 0.2) is 22.2 Å². The third-order valence-electron chi connectivity index (χ3n) is 12.0. The second kappa shape index (κ2) is 17.1. The zero-order chi connectivity index (χ0) is 40.3. The van der Waals surface area contributed by atoms with Crippen molar-refractivity contribution in [2.75, 3.05) is 50.6 Å². The van der Waals surface area contributed by atoms with Gasteiger partial charge < -0.3 is 36.0 Å². The van der Waals surface area contributed by atoms with E-state index in [1.54, 1.807) is 35.8 Å². The van der Waals surface area contributed by atoms with Gasteiger partial charge in [-0.3, -0.25) is 28.8 Å². The summed E-state index contributed by atoms with van der Waals surface area (Å²) in [7, 11) is 5.18. The monoisotopic (exact) mass is 753 g/mol. The van der Waals surface area contributed by atoms with Gasteiger partial charge in [0.05, 0.1) is 12.1 Å². The fraction of sp³-hybridized carbons (Fsp3) is 0.725. The predicted molar refractivity (Wildman–Crippen MR) is 210 cm³/mol. The summed E-state index contributed by atoms with van der Waals surface area (Å²) in [5.41, 5.74) is -1.36. The SMILES string of the molecule is C=CCNC(=O)C(=O)C(CCCC)NC(=O)[C@@H]1[C@@H]2[C@H](CN1C(=O)[C@@H](NC(=O)N[C@H](CN(C)c1c(N(C)C)c(=O)c1=O)C1CCCCC1)C(C)(C)C)C2(C)C. The number of nitrogens with zero attached hydrogens (tertiary/aromatic N) is 3. The second-order valence-electron chi connectivity index (χ2n) is 17.5. The number of amides is 5. The minimum atomic E-state index is -1.05. The average molecular weight is 754 g/mol. The molecule has 14 nitrogen and oxygen atoms in total. The number of carbonyl (C=O) groups excluding carboxylic acids is 5. The number of hydrogen-bond donors (Lipinski definition) is 4. The van der Waals surface area contributed by atoms with Crippen LogP contribution in [0.1, 0.15) is 92.9 Å². The van der Waals surface area contributed by atoms with Gasteiger partial charge in [-0.2, -0.15) is 0 Å². The van der Waals surface area contributed by atoms with E-state index in [-0.39, 0.29) is 42.2 Å². The molecule has 0 bridgehead atoms. The first-order valence-electron chi connectivity index (χ1n) is 19.6. The normalized spacial score (nSPS) is 22.3. The fourth-order valence-corrected chi connectivity index (χ4v) is 8.69. The Hall–Kier alpha value is -4.23. The summed E-state index contributed by atoms with van der Waals surface area (Å²) in [4.78, 5) is 98.3. The first-order valence-corrected chi connectivity index (χ1v) is 19.6. The lowest BCUT2D eigenvalue weighted by Crippen LogP contribution is -2.62. The zero-order valence-electron chi connectivity index (χ0n) is 33.8. The van der Waals surface area contributed by atoms with Crippen molar-refractivity contribution in [1.82, 2.24) is 26.2 Å². The molecule has 1 aliphatic heterocycles. The summed E-state index contributed by atoms with van der Waals surface area (Å²) < 4.78 is 0. The summed E-state index contributed by atoms with van der Waals surface area (Å²) >= 11 is 0. The molecule has 1 unspecified atom stereocenters. The van der Waals surface area contributed by atoms with E-state index in [0.717, 1.165) is 38.5 Å². The van der Waals surface area contributed by atoms with Crippen LogP contribution in [-0.4, -0.2) is 99.4 Å². The first-order chi connectivity index (χ1) is 25.3. The van der Waals surface area contributed by atoms with E-state index >= 15 is 0 Å². The minimum absolute atomic E-state index is 0.0565. The topological polar surface area (TPSA) is 177 Å². The van der Waals surface area contributed by atoms with E-state index in [9.17, 15) is 33.6 Å². The van der Waals surface area contributed by atoms with E-state index in [1.165, 1.54) is 6.08 Å². The Morgan fingerprint density at radius 3 is 2.17 bits per heavy atom. The number of piperidine rings is 1. The van der Waals surface area contributed by atoms with Gasteiger partial charge in [-0.15, -0.1) is 6.58 Å². The van der Waals surface area contributed by atoms with Crippen LogP contribution >= 0.6 is 0 Å². The lowest BCUT2D eigenvalue weighted by molar-refractivity contribution is -0.145. The Kier molecular flexibility index (Phi) is 13.4. The molecular weight excluding hydrogens is 690 g/mol. The molecule has 4 N–H and O–H groups in total. The van der Waals surface area contributed by atoms with Crippen LogP contribution in [0.4, 0.5) is 16.2 Å². The summed E-state index contributed by atoms with van der Waals surface area (Å²) in [6.45, 7) is 16.0. The van der Waals surface area contributed by atoms with Crippen molar-refractivity contribution < 1.29 is 24.0 Å². The number of nitrogens with one attached hydrogen (secondary N) is 4. The van der Waals surface area contributed by atoms with Gasteiger partial charge in [0.25, 0.3) is 16.8 Å². The van der Waals surface area contributed by atoms with Crippen LogP contribution in [0.25, 0.3) is 0 Å². The molecule has 0 radical (unpaired) electrons. The zero-order valence-corrected chi connectivity index (χ0v) is 33.8. The number of hydrogen-bond acceptors (Lipinski definition) is 9. The molecule has 1 heterocycles. The van der Waals surface area contributed by atoms with Gasteiger partial charge in [0.15, 0.2) is 0 Å². The molecule has 300 valence electrons. The van der Waals surface area contributed by atoms with Crippen LogP contribution in [-0.2, 0) is 19.2 Å². The number of likely N-dealkylation sites (N-methyl/N-ethyl adjacent to an activating group) is 1. The highest BCUT2D eigenvalue weighted by atomic mass is 16.2. The van der Waals surface area contributed by atoms with Gasteiger partial charge in [-0.05, 0) is 47.8 Å². The van der Waals surface area contributed by atoms with Crippen molar-refractivity contribution >= 4 is 40.9 Å². The van der Waals surface area contributed by atoms with Gasteiger partial charge in [0, 0.05) is 40.8 Å². The molecule has 14 heteroatoms. The molecule has 3 fully saturated rings. The largest absolute Gasteiger partial charge is 0.373 e. The average Bonchev–Trinajstić information content (AvgIpc) is 3.41. The Morgan fingerprint density at radius 1 is 0.963 bits per heavy atom.